The van der Waals surface area contributed by atoms with E-state index in [0.29, 0.717) is 17.1 Å². The minimum absolute atomic E-state index is 0.00122. The number of carbonyl (C=O) groups excluding carboxylic acids is 1. The van der Waals surface area contributed by atoms with E-state index in [4.69, 9.17) is 4.74 Å². The van der Waals surface area contributed by atoms with E-state index < -0.39 is 11.8 Å². The molecular weight excluding hydrogens is 369 g/mol. The van der Waals surface area contributed by atoms with Crippen molar-refractivity contribution >= 4 is 29.5 Å². The molecule has 2 aliphatic rings. The number of anilines is 2. The molecule has 2 aliphatic heterocycles. The number of aromatic nitrogens is 1. The number of hydrogen-bond donors (Lipinski definition) is 2. The number of ether oxygens (including phenoxy) is 1. The third-order valence-corrected chi connectivity index (χ3v) is 5.55. The van der Waals surface area contributed by atoms with Crippen LogP contribution in [0.4, 0.5) is 20.6 Å². The lowest BCUT2D eigenvalue weighted by Crippen LogP contribution is -2.34. The number of likely N-dealkylation sites (N-methyl/N-ethyl adjacent to an activating group) is 1. The second-order valence-electron chi connectivity index (χ2n) is 6.54. The van der Waals surface area contributed by atoms with Crippen LogP contribution < -0.4 is 15.4 Å². The highest BCUT2D eigenvalue weighted by atomic mass is 32.2. The fourth-order valence-corrected chi connectivity index (χ4v) is 4.42. The van der Waals surface area contributed by atoms with Crippen molar-refractivity contribution in [2.45, 2.75) is 18.6 Å². The highest BCUT2D eigenvalue weighted by Crippen LogP contribution is 2.36. The second kappa shape index (κ2) is 7.71. The van der Waals surface area contributed by atoms with E-state index >= 15 is 0 Å². The molecule has 1 aromatic heterocycles. The fourth-order valence-electron chi connectivity index (χ4n) is 3.33. The van der Waals surface area contributed by atoms with Gasteiger partial charge in [0, 0.05) is 49.2 Å². The molecule has 0 saturated carbocycles. The number of fused-ring (bicyclic) bond motifs is 1. The van der Waals surface area contributed by atoms with Crippen molar-refractivity contribution < 1.29 is 13.9 Å². The lowest BCUT2D eigenvalue weighted by atomic mass is 10.1. The minimum atomic E-state index is -0.472. The maximum absolute atomic E-state index is 14.0. The summed E-state index contributed by atoms with van der Waals surface area (Å²) in [6.07, 6.45) is 4.04. The Labute approximate surface area is 161 Å². The molecule has 3 heterocycles. The summed E-state index contributed by atoms with van der Waals surface area (Å²) >= 11 is 1.71. The third-order valence-electron chi connectivity index (χ3n) is 4.46. The Kier molecular flexibility index (Phi) is 5.15. The molecule has 4 rings (SSSR count). The summed E-state index contributed by atoms with van der Waals surface area (Å²) in [6.45, 7) is 1.85. The van der Waals surface area contributed by atoms with E-state index in [-0.39, 0.29) is 12.1 Å². The Hall–Kier alpha value is -2.36. The van der Waals surface area contributed by atoms with Gasteiger partial charge in [-0.05, 0) is 31.7 Å². The highest BCUT2D eigenvalue weighted by Gasteiger charge is 2.42. The number of nitrogens with one attached hydrogen (secondary N) is 2. The van der Waals surface area contributed by atoms with Crippen LogP contribution in [0.5, 0.6) is 5.75 Å². The lowest BCUT2D eigenvalue weighted by molar-refractivity contribution is 0.169. The Morgan fingerprint density at radius 2 is 2.19 bits per heavy atom. The first-order valence-electron chi connectivity index (χ1n) is 8.68. The number of halogens is 1. The minimum Gasteiger partial charge on any atom is -0.488 e. The molecule has 0 bridgehead atoms. The standard InChI is InChI=1S/C18H20FN5O2S/c1-23-11-16-17(4-6-24(16)27-23)26-15-8-12(19)7-14(9-15)22-18(25)21-13-3-2-5-20-10-13/h2-3,5,7-10,16-17H,4,6,11H2,1H3,(H2,21,22,25)/t16-,17+/m1/s1. The molecule has 2 saturated heterocycles. The van der Waals surface area contributed by atoms with Crippen molar-refractivity contribution in [1.29, 1.82) is 0 Å². The molecule has 2 atom stereocenters. The number of benzene rings is 1. The number of rotatable bonds is 4. The molecule has 1 aromatic carbocycles. The number of amides is 2. The number of urea groups is 1. The average molecular weight is 389 g/mol. The second-order valence-corrected chi connectivity index (χ2v) is 7.80. The van der Waals surface area contributed by atoms with Crippen LogP contribution in [-0.4, -0.2) is 51.9 Å². The van der Waals surface area contributed by atoms with Crippen LogP contribution in [0, 0.1) is 5.82 Å². The Morgan fingerprint density at radius 3 is 3.00 bits per heavy atom. The molecular formula is C18H20FN5O2S. The zero-order valence-corrected chi connectivity index (χ0v) is 15.6. The van der Waals surface area contributed by atoms with Crippen LogP contribution >= 0.6 is 12.1 Å². The van der Waals surface area contributed by atoms with Gasteiger partial charge < -0.3 is 15.4 Å². The van der Waals surface area contributed by atoms with Gasteiger partial charge in [0.1, 0.15) is 17.7 Å². The summed E-state index contributed by atoms with van der Waals surface area (Å²) in [4.78, 5) is 16.0. The molecule has 0 radical (unpaired) electrons. The molecule has 2 N–H and O–H groups in total. The Morgan fingerprint density at radius 1 is 1.33 bits per heavy atom. The zero-order chi connectivity index (χ0) is 18.8. The van der Waals surface area contributed by atoms with Crippen LogP contribution in [0.2, 0.25) is 0 Å². The van der Waals surface area contributed by atoms with Gasteiger partial charge >= 0.3 is 6.03 Å². The van der Waals surface area contributed by atoms with E-state index in [0.717, 1.165) is 19.5 Å². The first-order chi connectivity index (χ1) is 13.1. The number of hydrogen-bond acceptors (Lipinski definition) is 6. The summed E-state index contributed by atoms with van der Waals surface area (Å²) in [5.41, 5.74) is 0.885. The van der Waals surface area contributed by atoms with Gasteiger partial charge in [0.15, 0.2) is 0 Å². The molecule has 2 fully saturated rings. The smallest absolute Gasteiger partial charge is 0.323 e. The van der Waals surface area contributed by atoms with Gasteiger partial charge in [-0.2, -0.15) is 0 Å². The number of carbonyl (C=O) groups is 1. The molecule has 2 amide bonds. The Balaban J connectivity index is 1.41. The summed E-state index contributed by atoms with van der Waals surface area (Å²) in [6, 6.07) is 7.49. The van der Waals surface area contributed by atoms with E-state index in [1.165, 1.54) is 18.3 Å². The van der Waals surface area contributed by atoms with Crippen molar-refractivity contribution in [2.24, 2.45) is 0 Å². The van der Waals surface area contributed by atoms with Crippen molar-refractivity contribution in [3.63, 3.8) is 0 Å². The van der Waals surface area contributed by atoms with Crippen LogP contribution in [0.3, 0.4) is 0 Å². The topological polar surface area (TPSA) is 69.7 Å². The van der Waals surface area contributed by atoms with Crippen LogP contribution in [-0.2, 0) is 0 Å². The lowest BCUT2D eigenvalue weighted by Gasteiger charge is -2.20. The number of pyridine rings is 1. The van der Waals surface area contributed by atoms with Crippen LogP contribution in [0.25, 0.3) is 0 Å². The van der Waals surface area contributed by atoms with E-state index in [1.807, 2.05) is 7.05 Å². The molecule has 0 aliphatic carbocycles. The van der Waals surface area contributed by atoms with Gasteiger partial charge in [-0.3, -0.25) is 4.98 Å². The summed E-state index contributed by atoms with van der Waals surface area (Å²) in [5.74, 6) is -0.0463. The van der Waals surface area contributed by atoms with Gasteiger partial charge in [0.2, 0.25) is 0 Å². The maximum Gasteiger partial charge on any atom is 0.323 e. The van der Waals surface area contributed by atoms with Gasteiger partial charge in [-0.1, -0.05) is 0 Å². The van der Waals surface area contributed by atoms with Crippen molar-refractivity contribution in [2.75, 3.05) is 30.8 Å². The predicted octanol–water partition coefficient (Wildman–Crippen LogP) is 3.20. The summed E-state index contributed by atoms with van der Waals surface area (Å²) < 4.78 is 24.5. The molecule has 7 nitrogen and oxygen atoms in total. The number of nitrogens with zero attached hydrogens (tertiary/aromatic N) is 3. The van der Waals surface area contributed by atoms with Gasteiger partial charge in [0.25, 0.3) is 0 Å². The molecule has 27 heavy (non-hydrogen) atoms. The largest absolute Gasteiger partial charge is 0.488 e. The molecule has 0 unspecified atom stereocenters. The van der Waals surface area contributed by atoms with Crippen molar-refractivity contribution in [3.05, 3.63) is 48.5 Å². The van der Waals surface area contributed by atoms with Gasteiger partial charge in [-0.15, -0.1) is 0 Å². The van der Waals surface area contributed by atoms with E-state index in [2.05, 4.69) is 24.2 Å². The molecule has 9 heteroatoms. The van der Waals surface area contributed by atoms with Gasteiger partial charge in [0.05, 0.1) is 17.9 Å². The van der Waals surface area contributed by atoms with Crippen LogP contribution in [0.15, 0.2) is 42.7 Å². The van der Waals surface area contributed by atoms with Gasteiger partial charge in [-0.25, -0.2) is 17.8 Å². The predicted molar refractivity (Wildman–Crippen MR) is 103 cm³/mol. The fraction of sp³-hybridized carbons (Fsp3) is 0.333. The SMILES string of the molecule is CN1C[C@@H]2[C@@H](Oc3cc(F)cc(NC(=O)Nc4cccnc4)c3)CCN2S1. The first-order valence-corrected chi connectivity index (χ1v) is 9.41. The molecule has 142 valence electrons. The maximum atomic E-state index is 14.0. The van der Waals surface area contributed by atoms with E-state index in [1.54, 1.807) is 36.5 Å². The van der Waals surface area contributed by atoms with Crippen molar-refractivity contribution in [3.8, 4) is 5.75 Å². The zero-order valence-electron chi connectivity index (χ0n) is 14.8. The summed E-state index contributed by atoms with van der Waals surface area (Å²) in [7, 11) is 2.05. The molecule has 0 spiro atoms. The van der Waals surface area contributed by atoms with Crippen LogP contribution in [0.1, 0.15) is 6.42 Å². The Bertz CT molecular complexity index is 825. The molecule has 2 aromatic rings. The van der Waals surface area contributed by atoms with Crippen molar-refractivity contribution in [1.82, 2.24) is 13.6 Å². The first kappa shape index (κ1) is 18.0. The third kappa shape index (κ3) is 4.32. The summed E-state index contributed by atoms with van der Waals surface area (Å²) in [5, 5.41) is 5.28. The highest BCUT2D eigenvalue weighted by molar-refractivity contribution is 7.94. The quantitative estimate of drug-likeness (QED) is 0.783. The van der Waals surface area contributed by atoms with E-state index in [9.17, 15) is 9.18 Å². The monoisotopic (exact) mass is 389 g/mol. The average Bonchev–Trinajstić information content (AvgIpc) is 3.15. The normalized spacial score (nSPS) is 22.4.